The number of benzene rings is 1. The van der Waals surface area contributed by atoms with Crippen molar-refractivity contribution in [2.75, 3.05) is 7.11 Å². The third-order valence-electron chi connectivity index (χ3n) is 1.37. The van der Waals surface area contributed by atoms with Gasteiger partial charge in [0.2, 0.25) is 0 Å². The van der Waals surface area contributed by atoms with E-state index in [-0.39, 0.29) is 4.58 Å². The van der Waals surface area contributed by atoms with Gasteiger partial charge in [-0.2, -0.15) is 0 Å². The summed E-state index contributed by atoms with van der Waals surface area (Å²) in [4.78, 5) is 0. The van der Waals surface area contributed by atoms with E-state index < -0.39 is 0 Å². The standard InChI is InChI=1S/C8H9Cl2OP/c1-11-6-2-4-7(5-3-6)12-8(9)10/h2-5,8,12H,1H3. The van der Waals surface area contributed by atoms with Crippen LogP contribution < -0.4 is 10.0 Å². The summed E-state index contributed by atoms with van der Waals surface area (Å²) >= 11 is 11.3. The molecule has 0 heterocycles. The maximum absolute atomic E-state index is 5.63. The van der Waals surface area contributed by atoms with Crippen LogP contribution in [0.5, 0.6) is 5.75 Å². The van der Waals surface area contributed by atoms with E-state index in [1.165, 1.54) is 0 Å². The number of hydrogen-bond acceptors (Lipinski definition) is 1. The summed E-state index contributed by atoms with van der Waals surface area (Å²) in [5, 5.41) is 1.14. The SMILES string of the molecule is COc1ccc(PC(Cl)Cl)cc1. The van der Waals surface area contributed by atoms with Crippen molar-refractivity contribution in [1.82, 2.24) is 0 Å². The van der Waals surface area contributed by atoms with Crippen LogP contribution in [0.3, 0.4) is 0 Å². The van der Waals surface area contributed by atoms with Crippen LogP contribution in [0.4, 0.5) is 0 Å². The Morgan fingerprint density at radius 2 is 1.83 bits per heavy atom. The van der Waals surface area contributed by atoms with Crippen LogP contribution in [0.25, 0.3) is 0 Å². The third-order valence-corrected chi connectivity index (χ3v) is 2.91. The largest absolute Gasteiger partial charge is 0.497 e. The summed E-state index contributed by atoms with van der Waals surface area (Å²) < 4.78 is 4.70. The van der Waals surface area contributed by atoms with Gasteiger partial charge in [-0.3, -0.25) is 0 Å². The first-order chi connectivity index (χ1) is 5.72. The van der Waals surface area contributed by atoms with Crippen LogP contribution in [0, 0.1) is 0 Å². The molecule has 0 aliphatic heterocycles. The molecule has 0 amide bonds. The van der Waals surface area contributed by atoms with Gasteiger partial charge in [0, 0.05) is 0 Å². The van der Waals surface area contributed by atoms with Crippen molar-refractivity contribution in [1.29, 1.82) is 0 Å². The topological polar surface area (TPSA) is 9.23 Å². The quantitative estimate of drug-likeness (QED) is 0.565. The van der Waals surface area contributed by atoms with Gasteiger partial charge in [-0.25, -0.2) is 0 Å². The van der Waals surface area contributed by atoms with Crippen molar-refractivity contribution < 1.29 is 4.74 Å². The zero-order valence-corrected chi connectivity index (χ0v) is 9.06. The molecule has 0 aromatic heterocycles. The van der Waals surface area contributed by atoms with Crippen molar-refractivity contribution in [3.63, 3.8) is 0 Å². The maximum Gasteiger partial charge on any atom is 0.127 e. The van der Waals surface area contributed by atoms with Crippen LogP contribution in [0.1, 0.15) is 0 Å². The molecular weight excluding hydrogens is 214 g/mol. The molecule has 66 valence electrons. The Balaban J connectivity index is 2.65. The first-order valence-electron chi connectivity index (χ1n) is 3.41. The molecule has 1 rings (SSSR count). The molecule has 0 radical (unpaired) electrons. The summed E-state index contributed by atoms with van der Waals surface area (Å²) in [7, 11) is 2.08. The third kappa shape index (κ3) is 3.18. The molecule has 0 fully saturated rings. The van der Waals surface area contributed by atoms with Gasteiger partial charge in [0.1, 0.15) is 10.3 Å². The van der Waals surface area contributed by atoms with Crippen molar-refractivity contribution in [2.24, 2.45) is 0 Å². The van der Waals surface area contributed by atoms with Crippen molar-refractivity contribution in [3.05, 3.63) is 24.3 Å². The van der Waals surface area contributed by atoms with Crippen LogP contribution in [0.15, 0.2) is 24.3 Å². The van der Waals surface area contributed by atoms with E-state index in [0.29, 0.717) is 8.58 Å². The Labute approximate surface area is 83.8 Å². The number of methoxy groups -OCH3 is 1. The zero-order valence-electron chi connectivity index (χ0n) is 6.55. The fraction of sp³-hybridized carbons (Fsp3) is 0.250. The normalized spacial score (nSPS) is 11.3. The maximum atomic E-state index is 5.63. The average molecular weight is 223 g/mol. The van der Waals surface area contributed by atoms with Crippen LogP contribution in [-0.4, -0.2) is 11.7 Å². The molecule has 0 aliphatic rings. The monoisotopic (exact) mass is 222 g/mol. The van der Waals surface area contributed by atoms with E-state index in [1.54, 1.807) is 7.11 Å². The van der Waals surface area contributed by atoms with E-state index in [2.05, 4.69) is 0 Å². The zero-order chi connectivity index (χ0) is 8.97. The molecular formula is C8H9Cl2OP. The molecule has 1 atom stereocenters. The fourth-order valence-corrected chi connectivity index (χ4v) is 2.18. The lowest BCUT2D eigenvalue weighted by Gasteiger charge is -2.03. The van der Waals surface area contributed by atoms with Crippen molar-refractivity contribution in [2.45, 2.75) is 4.58 Å². The number of halogens is 2. The van der Waals surface area contributed by atoms with Gasteiger partial charge in [-0.15, -0.1) is 23.2 Å². The highest BCUT2D eigenvalue weighted by molar-refractivity contribution is 7.52. The Hall–Kier alpha value is 0.0300. The second-order valence-electron chi connectivity index (χ2n) is 2.17. The molecule has 0 bridgehead atoms. The molecule has 1 aromatic carbocycles. The van der Waals surface area contributed by atoms with Gasteiger partial charge >= 0.3 is 0 Å². The molecule has 1 nitrogen and oxygen atoms in total. The lowest BCUT2D eigenvalue weighted by Crippen LogP contribution is -1.95. The summed E-state index contributed by atoms with van der Waals surface area (Å²) in [6.07, 6.45) is 0. The minimum atomic E-state index is -0.307. The van der Waals surface area contributed by atoms with Gasteiger partial charge in [-0.1, -0.05) is 20.7 Å². The van der Waals surface area contributed by atoms with Crippen LogP contribution in [-0.2, 0) is 0 Å². The summed E-state index contributed by atoms with van der Waals surface area (Å²) in [6, 6.07) is 7.74. The van der Waals surface area contributed by atoms with Gasteiger partial charge in [0.05, 0.1) is 7.11 Å². The van der Waals surface area contributed by atoms with E-state index in [4.69, 9.17) is 27.9 Å². The van der Waals surface area contributed by atoms with E-state index >= 15 is 0 Å². The Morgan fingerprint density at radius 1 is 1.25 bits per heavy atom. The highest BCUT2D eigenvalue weighted by Crippen LogP contribution is 2.25. The van der Waals surface area contributed by atoms with Gasteiger partial charge in [-0.05, 0) is 17.4 Å². The number of hydrogen-bond donors (Lipinski definition) is 0. The average Bonchev–Trinajstić information content (AvgIpc) is 2.05. The minimum Gasteiger partial charge on any atom is -0.497 e. The molecule has 0 aliphatic carbocycles. The van der Waals surface area contributed by atoms with Gasteiger partial charge < -0.3 is 4.74 Å². The van der Waals surface area contributed by atoms with Gasteiger partial charge in [0.25, 0.3) is 0 Å². The molecule has 1 unspecified atom stereocenters. The predicted molar refractivity (Wildman–Crippen MR) is 56.4 cm³/mol. The van der Waals surface area contributed by atoms with Gasteiger partial charge in [0.15, 0.2) is 0 Å². The second kappa shape index (κ2) is 4.91. The first kappa shape index (κ1) is 10.1. The molecule has 0 saturated heterocycles. The summed E-state index contributed by atoms with van der Waals surface area (Å²) in [5.41, 5.74) is 0. The molecule has 4 heteroatoms. The van der Waals surface area contributed by atoms with Crippen LogP contribution >= 0.6 is 31.8 Å². The molecule has 12 heavy (non-hydrogen) atoms. The highest BCUT2D eigenvalue weighted by atomic mass is 35.5. The lowest BCUT2D eigenvalue weighted by molar-refractivity contribution is 0.415. The summed E-state index contributed by atoms with van der Waals surface area (Å²) in [5.74, 6) is 0.851. The first-order valence-corrected chi connectivity index (χ1v) is 5.36. The summed E-state index contributed by atoms with van der Waals surface area (Å²) in [6.45, 7) is 0. The van der Waals surface area contributed by atoms with E-state index in [9.17, 15) is 0 Å². The Morgan fingerprint density at radius 3 is 2.25 bits per heavy atom. The van der Waals surface area contributed by atoms with Crippen molar-refractivity contribution >= 4 is 37.1 Å². The van der Waals surface area contributed by atoms with Crippen molar-refractivity contribution in [3.8, 4) is 5.75 Å². The smallest absolute Gasteiger partial charge is 0.127 e. The Kier molecular flexibility index (Phi) is 4.14. The van der Waals surface area contributed by atoms with E-state index in [1.807, 2.05) is 24.3 Å². The molecule has 0 N–H and O–H groups in total. The lowest BCUT2D eigenvalue weighted by atomic mass is 10.3. The fourth-order valence-electron chi connectivity index (χ4n) is 0.813. The Bertz CT molecular complexity index is 235. The molecule has 1 aromatic rings. The number of alkyl halides is 2. The van der Waals surface area contributed by atoms with Crippen LogP contribution in [0.2, 0.25) is 0 Å². The predicted octanol–water partition coefficient (Wildman–Crippen LogP) is 2.76. The number of rotatable bonds is 3. The second-order valence-corrected chi connectivity index (χ2v) is 5.45. The molecule has 0 spiro atoms. The minimum absolute atomic E-state index is 0.307. The number of ether oxygens (including phenoxy) is 1. The highest BCUT2D eigenvalue weighted by Gasteiger charge is 2.00. The molecule has 0 saturated carbocycles. The van der Waals surface area contributed by atoms with E-state index in [0.717, 1.165) is 11.1 Å².